The number of halogens is 2. The standard InChI is InChI=1S/C8H7Cl2NO5S/c1-2-16-8-6(17(10,14)15)4-3-5(9)7(8)11(12)13/h3-4H,2H2,1H3. The van der Waals surface area contributed by atoms with E-state index in [1.54, 1.807) is 6.92 Å². The van der Waals surface area contributed by atoms with Crippen molar-refractivity contribution in [3.05, 3.63) is 27.3 Å². The molecule has 1 aromatic carbocycles. The smallest absolute Gasteiger partial charge is 0.330 e. The number of benzene rings is 1. The molecule has 0 aliphatic rings. The molecule has 0 aliphatic carbocycles. The lowest BCUT2D eigenvalue weighted by atomic mass is 10.3. The van der Waals surface area contributed by atoms with Crippen LogP contribution in [-0.2, 0) is 9.05 Å². The molecule has 0 bridgehead atoms. The molecule has 0 heterocycles. The molecule has 0 aliphatic heterocycles. The highest BCUT2D eigenvalue weighted by molar-refractivity contribution is 8.13. The summed E-state index contributed by atoms with van der Waals surface area (Å²) in [5.74, 6) is -0.444. The topological polar surface area (TPSA) is 86.5 Å². The normalized spacial score (nSPS) is 11.2. The van der Waals surface area contributed by atoms with Crippen LogP contribution in [0.5, 0.6) is 5.75 Å². The molecule has 17 heavy (non-hydrogen) atoms. The van der Waals surface area contributed by atoms with E-state index in [9.17, 15) is 18.5 Å². The first-order chi connectivity index (χ1) is 7.79. The van der Waals surface area contributed by atoms with Crippen LogP contribution in [0.3, 0.4) is 0 Å². The molecule has 6 nitrogen and oxygen atoms in total. The number of hydrogen-bond donors (Lipinski definition) is 0. The van der Waals surface area contributed by atoms with Crippen LogP contribution >= 0.6 is 22.3 Å². The zero-order chi connectivity index (χ0) is 13.2. The average molecular weight is 300 g/mol. The Morgan fingerprint density at radius 1 is 1.47 bits per heavy atom. The molecule has 0 atom stereocenters. The molecule has 0 fully saturated rings. The third-order valence-electron chi connectivity index (χ3n) is 1.78. The fourth-order valence-corrected chi connectivity index (χ4v) is 2.36. The van der Waals surface area contributed by atoms with Crippen molar-refractivity contribution in [2.45, 2.75) is 11.8 Å². The summed E-state index contributed by atoms with van der Waals surface area (Å²) in [5, 5.41) is 10.6. The number of hydrogen-bond acceptors (Lipinski definition) is 5. The molecule has 0 unspecified atom stereocenters. The monoisotopic (exact) mass is 299 g/mol. The molecule has 0 aromatic heterocycles. The SMILES string of the molecule is CCOc1c(S(=O)(=O)Cl)ccc(Cl)c1[N+](=O)[O-]. The molecule has 0 amide bonds. The maximum absolute atomic E-state index is 11.2. The summed E-state index contributed by atoms with van der Waals surface area (Å²) in [6.45, 7) is 1.59. The number of ether oxygens (including phenoxy) is 1. The van der Waals surface area contributed by atoms with Crippen LogP contribution in [-0.4, -0.2) is 19.9 Å². The van der Waals surface area contributed by atoms with Gasteiger partial charge in [-0.2, -0.15) is 0 Å². The van der Waals surface area contributed by atoms with Crippen molar-refractivity contribution in [1.29, 1.82) is 0 Å². The van der Waals surface area contributed by atoms with Crippen molar-refractivity contribution in [2.75, 3.05) is 6.61 Å². The molecule has 9 heteroatoms. The lowest BCUT2D eigenvalue weighted by molar-refractivity contribution is -0.386. The minimum Gasteiger partial charge on any atom is -0.486 e. The Hall–Kier alpha value is -1.05. The van der Waals surface area contributed by atoms with E-state index in [4.69, 9.17) is 27.0 Å². The minimum absolute atomic E-state index is 0.0423. The molecule has 0 radical (unpaired) electrons. The van der Waals surface area contributed by atoms with Crippen molar-refractivity contribution >= 4 is 37.0 Å². The lowest BCUT2D eigenvalue weighted by Gasteiger charge is -2.08. The second-order valence-corrected chi connectivity index (χ2v) is 5.79. The van der Waals surface area contributed by atoms with E-state index in [0.29, 0.717) is 0 Å². The third-order valence-corrected chi connectivity index (χ3v) is 3.43. The van der Waals surface area contributed by atoms with Gasteiger partial charge in [0.15, 0.2) is 0 Å². The van der Waals surface area contributed by atoms with Crippen LogP contribution in [0.2, 0.25) is 5.02 Å². The second-order valence-electron chi connectivity index (χ2n) is 2.85. The van der Waals surface area contributed by atoms with Gasteiger partial charge in [-0.05, 0) is 19.1 Å². The molecular weight excluding hydrogens is 293 g/mol. The third kappa shape index (κ3) is 2.99. The summed E-state index contributed by atoms with van der Waals surface area (Å²) in [6, 6.07) is 2.14. The number of nitrogens with zero attached hydrogens (tertiary/aromatic N) is 1. The van der Waals surface area contributed by atoms with Crippen LogP contribution in [0.4, 0.5) is 5.69 Å². The fourth-order valence-electron chi connectivity index (χ4n) is 1.17. The first-order valence-corrected chi connectivity index (χ1v) is 7.02. The van der Waals surface area contributed by atoms with Crippen molar-refractivity contribution in [3.8, 4) is 5.75 Å². The molecule has 0 spiro atoms. The summed E-state index contributed by atoms with van der Waals surface area (Å²) in [7, 11) is 1.01. The Labute approximate surface area is 107 Å². The number of nitro benzene ring substituents is 1. The first kappa shape index (κ1) is 14.0. The van der Waals surface area contributed by atoms with E-state index >= 15 is 0 Å². The Kier molecular flexibility index (Phi) is 4.18. The number of rotatable bonds is 4. The molecule has 0 saturated heterocycles. The van der Waals surface area contributed by atoms with Gasteiger partial charge in [-0.1, -0.05) is 11.6 Å². The maximum atomic E-state index is 11.2. The minimum atomic E-state index is -4.14. The van der Waals surface area contributed by atoms with Gasteiger partial charge in [-0.3, -0.25) is 10.1 Å². The molecule has 0 N–H and O–H groups in total. The predicted octanol–water partition coefficient (Wildman–Crippen LogP) is 2.57. The Bertz CT molecular complexity index is 557. The van der Waals surface area contributed by atoms with Crippen LogP contribution in [0.25, 0.3) is 0 Å². The van der Waals surface area contributed by atoms with Crippen LogP contribution in [0.1, 0.15) is 6.92 Å². The largest absolute Gasteiger partial charge is 0.486 e. The van der Waals surface area contributed by atoms with Gasteiger partial charge >= 0.3 is 5.69 Å². The van der Waals surface area contributed by atoms with Gasteiger partial charge in [0.25, 0.3) is 9.05 Å². The molecular formula is C8H7Cl2NO5S. The Balaban J connectivity index is 3.65. The second kappa shape index (κ2) is 5.07. The molecule has 1 aromatic rings. The zero-order valence-corrected chi connectivity index (χ0v) is 10.8. The zero-order valence-electron chi connectivity index (χ0n) is 8.51. The van der Waals surface area contributed by atoms with E-state index in [1.165, 1.54) is 0 Å². The van der Waals surface area contributed by atoms with E-state index in [0.717, 1.165) is 12.1 Å². The van der Waals surface area contributed by atoms with Crippen LogP contribution < -0.4 is 4.74 Å². The highest BCUT2D eigenvalue weighted by atomic mass is 35.7. The van der Waals surface area contributed by atoms with Gasteiger partial charge in [0, 0.05) is 10.7 Å². The average Bonchev–Trinajstić information content (AvgIpc) is 2.15. The highest BCUT2D eigenvalue weighted by Gasteiger charge is 2.29. The quantitative estimate of drug-likeness (QED) is 0.484. The molecule has 1 rings (SSSR count). The van der Waals surface area contributed by atoms with Crippen molar-refractivity contribution in [2.24, 2.45) is 0 Å². The summed E-state index contributed by atoms with van der Waals surface area (Å²) in [5.41, 5.74) is -0.616. The predicted molar refractivity (Wildman–Crippen MR) is 62.3 cm³/mol. The van der Waals surface area contributed by atoms with Gasteiger partial charge in [-0.25, -0.2) is 8.42 Å². The van der Waals surface area contributed by atoms with Crippen LogP contribution in [0.15, 0.2) is 17.0 Å². The van der Waals surface area contributed by atoms with Crippen LogP contribution in [0, 0.1) is 10.1 Å². The summed E-state index contributed by atoms with van der Waals surface area (Å²) in [4.78, 5) is 9.50. The molecule has 0 saturated carbocycles. The van der Waals surface area contributed by atoms with Crippen molar-refractivity contribution in [3.63, 3.8) is 0 Å². The van der Waals surface area contributed by atoms with Crippen molar-refractivity contribution in [1.82, 2.24) is 0 Å². The molecule has 94 valence electrons. The van der Waals surface area contributed by atoms with E-state index in [2.05, 4.69) is 0 Å². The highest BCUT2D eigenvalue weighted by Crippen LogP contribution is 2.40. The van der Waals surface area contributed by atoms with Gasteiger partial charge < -0.3 is 4.74 Å². The van der Waals surface area contributed by atoms with Gasteiger partial charge in [0.05, 0.1) is 11.5 Å². The Morgan fingerprint density at radius 2 is 2.06 bits per heavy atom. The van der Waals surface area contributed by atoms with Gasteiger partial charge in [-0.15, -0.1) is 0 Å². The summed E-state index contributed by atoms with van der Waals surface area (Å²) >= 11 is 5.62. The van der Waals surface area contributed by atoms with Crippen molar-refractivity contribution < 1.29 is 18.1 Å². The Morgan fingerprint density at radius 3 is 2.47 bits per heavy atom. The first-order valence-electron chi connectivity index (χ1n) is 4.33. The van der Waals surface area contributed by atoms with Gasteiger partial charge in [0.1, 0.15) is 9.92 Å². The summed E-state index contributed by atoms with van der Waals surface area (Å²) in [6.07, 6.45) is 0. The van der Waals surface area contributed by atoms with E-state index < -0.39 is 30.3 Å². The summed E-state index contributed by atoms with van der Waals surface area (Å²) < 4.78 is 27.4. The van der Waals surface area contributed by atoms with E-state index in [-0.39, 0.29) is 11.6 Å². The van der Waals surface area contributed by atoms with E-state index in [1.807, 2.05) is 0 Å². The maximum Gasteiger partial charge on any atom is 0.330 e. The fraction of sp³-hybridized carbons (Fsp3) is 0.250. The number of nitro groups is 1. The van der Waals surface area contributed by atoms with Gasteiger partial charge in [0.2, 0.25) is 5.75 Å². The lowest BCUT2D eigenvalue weighted by Crippen LogP contribution is -2.03.